The first-order valence-corrected chi connectivity index (χ1v) is 4.75. The van der Waals surface area contributed by atoms with Gasteiger partial charge in [-0.05, 0) is 5.92 Å². The maximum Gasteiger partial charge on any atom is 0.155 e. The van der Waals surface area contributed by atoms with Crippen LogP contribution in [0.3, 0.4) is 0 Å². The Balaban J connectivity index is 2.73. The molecule has 14 heavy (non-hydrogen) atoms. The monoisotopic (exact) mass is 207 g/mol. The molecule has 84 valence electrons. The van der Waals surface area contributed by atoms with Gasteiger partial charge in [-0.2, -0.15) is 0 Å². The first kappa shape index (κ1) is 11.8. The highest BCUT2D eigenvalue weighted by molar-refractivity contribution is 4.93. The highest BCUT2D eigenvalue weighted by Crippen LogP contribution is 2.27. The Labute approximate surface area is 82.3 Å². The third-order valence-corrected chi connectivity index (χ3v) is 2.54. The molecule has 3 N–H and O–H groups in total. The van der Waals surface area contributed by atoms with Crippen molar-refractivity contribution in [3.63, 3.8) is 0 Å². The summed E-state index contributed by atoms with van der Waals surface area (Å²) in [5.74, 6) is -0.110. The number of hydrogen-bond donors (Lipinski definition) is 3. The molecule has 1 aliphatic rings. The highest BCUT2D eigenvalue weighted by Gasteiger charge is 2.45. The molecule has 1 heterocycles. The van der Waals surface area contributed by atoms with E-state index in [1.165, 1.54) is 0 Å². The Morgan fingerprint density at radius 3 is 2.29 bits per heavy atom. The third-order valence-electron chi connectivity index (χ3n) is 2.54. The molecule has 0 amide bonds. The maximum atomic E-state index is 13.4. The largest absolute Gasteiger partial charge is 0.394 e. The minimum Gasteiger partial charge on any atom is -0.394 e. The van der Waals surface area contributed by atoms with Crippen molar-refractivity contribution < 1.29 is 24.4 Å². The fraction of sp³-hybridized carbons (Fsp3) is 1.00. The Kier molecular flexibility index (Phi) is 3.83. The molecule has 0 bridgehead atoms. The molecule has 1 rings (SSSR count). The van der Waals surface area contributed by atoms with E-state index in [4.69, 9.17) is 9.84 Å². The van der Waals surface area contributed by atoms with Crippen LogP contribution in [-0.4, -0.2) is 52.5 Å². The molecule has 0 aromatic carbocycles. The highest BCUT2D eigenvalue weighted by atomic mass is 18.2. The van der Waals surface area contributed by atoms with E-state index in [-0.39, 0.29) is 5.92 Å². The molecule has 1 fully saturated rings. The van der Waals surface area contributed by atoms with Crippen LogP contribution < -0.4 is 0 Å². The smallest absolute Gasteiger partial charge is 0.155 e. The number of alkyl halides is 1. The number of aliphatic hydroxyl groups excluding tert-OH is 3. The molecule has 0 spiro atoms. The molecule has 5 atom stereocenters. The van der Waals surface area contributed by atoms with Gasteiger partial charge in [0.05, 0.1) is 12.7 Å². The molecule has 0 aromatic heterocycles. The van der Waals surface area contributed by atoms with Crippen LogP contribution in [0.5, 0.6) is 0 Å². The van der Waals surface area contributed by atoms with Gasteiger partial charge < -0.3 is 20.1 Å². The lowest BCUT2D eigenvalue weighted by Gasteiger charge is -2.40. The normalized spacial score (nSPS) is 44.4. The van der Waals surface area contributed by atoms with Crippen molar-refractivity contribution in [1.82, 2.24) is 0 Å². The van der Waals surface area contributed by atoms with Crippen molar-refractivity contribution >= 4 is 0 Å². The maximum absolute atomic E-state index is 13.4. The van der Waals surface area contributed by atoms with Gasteiger partial charge in [-0.25, -0.2) is 4.39 Å². The number of aliphatic hydroxyl groups is 3. The van der Waals surface area contributed by atoms with E-state index in [1.54, 1.807) is 13.8 Å². The fourth-order valence-electron chi connectivity index (χ4n) is 1.64. The van der Waals surface area contributed by atoms with E-state index >= 15 is 0 Å². The van der Waals surface area contributed by atoms with Crippen LogP contribution in [0.25, 0.3) is 0 Å². The minimum absolute atomic E-state index is 0.110. The van der Waals surface area contributed by atoms with Crippen molar-refractivity contribution in [1.29, 1.82) is 0 Å². The van der Waals surface area contributed by atoms with Crippen LogP contribution in [0.15, 0.2) is 0 Å². The zero-order chi connectivity index (χ0) is 10.9. The summed E-state index contributed by atoms with van der Waals surface area (Å²) in [7, 11) is 0. The van der Waals surface area contributed by atoms with Crippen LogP contribution in [0, 0.1) is 5.92 Å². The number of halogens is 1. The Bertz CT molecular complexity index is 186. The molecule has 0 aliphatic carbocycles. The Morgan fingerprint density at radius 2 is 1.86 bits per heavy atom. The lowest BCUT2D eigenvalue weighted by Crippen LogP contribution is -2.58. The van der Waals surface area contributed by atoms with E-state index < -0.39 is 37.2 Å². The number of ether oxygens (including phenoxy) is 1. The second-order valence-corrected chi connectivity index (χ2v) is 3.99. The molecule has 5 heteroatoms. The van der Waals surface area contributed by atoms with Gasteiger partial charge in [0.2, 0.25) is 0 Å². The predicted molar refractivity (Wildman–Crippen MR) is 47.5 cm³/mol. The fourth-order valence-corrected chi connectivity index (χ4v) is 1.64. The van der Waals surface area contributed by atoms with E-state index in [0.29, 0.717) is 0 Å². The van der Waals surface area contributed by atoms with E-state index in [2.05, 4.69) is 0 Å². The second-order valence-electron chi connectivity index (χ2n) is 3.99. The van der Waals surface area contributed by atoms with E-state index in [9.17, 15) is 14.6 Å². The summed E-state index contributed by atoms with van der Waals surface area (Å²) in [6.07, 6.45) is -6.11. The first-order chi connectivity index (χ1) is 6.49. The van der Waals surface area contributed by atoms with Gasteiger partial charge in [-0.15, -0.1) is 0 Å². The Hall–Kier alpha value is -0.230. The topological polar surface area (TPSA) is 69.9 Å². The van der Waals surface area contributed by atoms with Crippen molar-refractivity contribution in [2.45, 2.75) is 44.4 Å². The van der Waals surface area contributed by atoms with Gasteiger partial charge in [0.15, 0.2) is 6.17 Å². The van der Waals surface area contributed by atoms with Crippen molar-refractivity contribution in [3.8, 4) is 0 Å². The van der Waals surface area contributed by atoms with Gasteiger partial charge in [-0.1, -0.05) is 13.8 Å². The molecule has 0 radical (unpaired) electrons. The van der Waals surface area contributed by atoms with E-state index in [1.807, 2.05) is 0 Å². The SMILES string of the molecule is CC(C)[C@@H]1OC(CO)[C@@H](O)[C@H](O)C1[18F]. The predicted octanol–water partition coefficient (Wildman–Crippen LogP) is -0.538. The third kappa shape index (κ3) is 2.06. The lowest BCUT2D eigenvalue weighted by molar-refractivity contribution is -0.221. The summed E-state index contributed by atoms with van der Waals surface area (Å²) in [6, 6.07) is 0. The van der Waals surface area contributed by atoms with Crippen molar-refractivity contribution in [2.75, 3.05) is 6.61 Å². The summed E-state index contributed by atoms with van der Waals surface area (Å²) in [5, 5.41) is 27.5. The quantitative estimate of drug-likeness (QED) is 0.569. The van der Waals surface area contributed by atoms with Crippen molar-refractivity contribution in [3.05, 3.63) is 0 Å². The molecule has 1 saturated heterocycles. The van der Waals surface area contributed by atoms with Crippen LogP contribution in [0.4, 0.5) is 4.39 Å². The average Bonchev–Trinajstić information content (AvgIpc) is 2.14. The zero-order valence-corrected chi connectivity index (χ0v) is 8.30. The number of rotatable bonds is 2. The van der Waals surface area contributed by atoms with Gasteiger partial charge >= 0.3 is 0 Å². The summed E-state index contributed by atoms with van der Waals surface area (Å²) in [6.45, 7) is 3.10. The van der Waals surface area contributed by atoms with Crippen LogP contribution in [0.1, 0.15) is 13.8 Å². The summed E-state index contributed by atoms with van der Waals surface area (Å²) < 4.78 is 18.6. The zero-order valence-electron chi connectivity index (χ0n) is 8.30. The lowest BCUT2D eigenvalue weighted by atomic mass is 9.90. The second kappa shape index (κ2) is 4.53. The number of hydrogen-bond acceptors (Lipinski definition) is 4. The molecule has 2 unspecified atom stereocenters. The summed E-state index contributed by atoms with van der Waals surface area (Å²) in [4.78, 5) is 0. The van der Waals surface area contributed by atoms with Crippen molar-refractivity contribution in [2.24, 2.45) is 5.92 Å². The molecule has 0 aromatic rings. The standard InChI is InChI=1S/C9H17FO4/c1-4(2)9-6(10)8(13)7(12)5(3-11)14-9/h4-9,11-13H,3H2,1-2H3/t5?,6?,7-,8-,9+/m1/s1/i10-1. The van der Waals surface area contributed by atoms with E-state index in [0.717, 1.165) is 0 Å². The average molecular weight is 207 g/mol. The van der Waals surface area contributed by atoms with Crippen LogP contribution in [-0.2, 0) is 4.74 Å². The summed E-state index contributed by atoms with van der Waals surface area (Å²) >= 11 is 0. The molecule has 1 aliphatic heterocycles. The van der Waals surface area contributed by atoms with Gasteiger partial charge in [-0.3, -0.25) is 0 Å². The van der Waals surface area contributed by atoms with Crippen LogP contribution >= 0.6 is 0 Å². The van der Waals surface area contributed by atoms with Crippen LogP contribution in [0.2, 0.25) is 0 Å². The first-order valence-electron chi connectivity index (χ1n) is 4.75. The summed E-state index contributed by atoms with van der Waals surface area (Å²) in [5.41, 5.74) is 0. The van der Waals surface area contributed by atoms with Gasteiger partial charge in [0, 0.05) is 0 Å². The molecular weight excluding hydrogens is 190 g/mol. The molecule has 0 saturated carbocycles. The molecular formula is C9H17FO4. The minimum atomic E-state index is -1.60. The molecule has 4 nitrogen and oxygen atoms in total. The van der Waals surface area contributed by atoms with Gasteiger partial charge in [0.1, 0.15) is 18.3 Å². The van der Waals surface area contributed by atoms with Gasteiger partial charge in [0.25, 0.3) is 0 Å². The Morgan fingerprint density at radius 1 is 1.29 bits per heavy atom.